The molecule has 4 nitrogen and oxygen atoms in total. The van der Waals surface area contributed by atoms with E-state index in [0.717, 1.165) is 25.9 Å². The highest BCUT2D eigenvalue weighted by Gasteiger charge is 2.24. The van der Waals surface area contributed by atoms with E-state index in [1.807, 2.05) is 11.8 Å². The van der Waals surface area contributed by atoms with Gasteiger partial charge in [-0.2, -0.15) is 0 Å². The van der Waals surface area contributed by atoms with Crippen molar-refractivity contribution in [3.63, 3.8) is 0 Å². The third-order valence-corrected chi connectivity index (χ3v) is 3.81. The van der Waals surface area contributed by atoms with Gasteiger partial charge in [-0.05, 0) is 31.9 Å². The molecule has 1 amide bonds. The fourth-order valence-corrected chi connectivity index (χ4v) is 2.83. The van der Waals surface area contributed by atoms with E-state index in [-0.39, 0.29) is 11.9 Å². The van der Waals surface area contributed by atoms with Crippen molar-refractivity contribution in [3.8, 4) is 0 Å². The first-order chi connectivity index (χ1) is 8.99. The molecule has 0 radical (unpaired) electrons. The summed E-state index contributed by atoms with van der Waals surface area (Å²) in [5.74, 6) is 0.0708. The minimum atomic E-state index is -0.364. The number of rotatable bonds is 3. The van der Waals surface area contributed by atoms with Crippen molar-refractivity contribution in [2.75, 3.05) is 24.1 Å². The fourth-order valence-electron chi connectivity index (χ4n) is 2.22. The first kappa shape index (κ1) is 14.3. The molecular formula is C13H17Cl2N3O. The lowest BCUT2D eigenvalue weighted by atomic mass is 10.2. The summed E-state index contributed by atoms with van der Waals surface area (Å²) < 4.78 is 0. The number of carbonyl (C=O) groups excluding carboxylic acids is 1. The molecular weight excluding hydrogens is 285 g/mol. The van der Waals surface area contributed by atoms with Crippen LogP contribution in [0, 0.1) is 0 Å². The average Bonchev–Trinajstić information content (AvgIpc) is 2.86. The van der Waals surface area contributed by atoms with Crippen LogP contribution in [0.2, 0.25) is 10.0 Å². The van der Waals surface area contributed by atoms with Crippen molar-refractivity contribution >= 4 is 40.5 Å². The molecule has 1 unspecified atom stereocenters. The Balaban J connectivity index is 2.10. The highest BCUT2D eigenvalue weighted by atomic mass is 35.5. The number of nitrogen functional groups attached to an aromatic ring is 1. The molecule has 0 aliphatic carbocycles. The van der Waals surface area contributed by atoms with Crippen LogP contribution in [0.1, 0.15) is 19.8 Å². The quantitative estimate of drug-likeness (QED) is 0.844. The number of nitrogens with two attached hydrogens (primary N) is 1. The van der Waals surface area contributed by atoms with E-state index in [1.165, 1.54) is 0 Å². The van der Waals surface area contributed by atoms with Crippen LogP contribution >= 0.6 is 23.2 Å². The molecule has 0 saturated carbocycles. The number of likely N-dealkylation sites (tertiary alicyclic amines) is 1. The zero-order valence-corrected chi connectivity index (χ0v) is 12.3. The number of amides is 1. The van der Waals surface area contributed by atoms with Gasteiger partial charge in [0, 0.05) is 18.8 Å². The molecule has 0 aromatic heterocycles. The molecule has 6 heteroatoms. The van der Waals surface area contributed by atoms with Gasteiger partial charge >= 0.3 is 0 Å². The van der Waals surface area contributed by atoms with E-state index < -0.39 is 0 Å². The van der Waals surface area contributed by atoms with Crippen LogP contribution in [0.5, 0.6) is 0 Å². The number of benzene rings is 1. The number of halogens is 2. The number of hydrogen-bond acceptors (Lipinski definition) is 3. The van der Waals surface area contributed by atoms with Crippen LogP contribution in [-0.4, -0.2) is 29.9 Å². The standard InChI is InChI=1S/C13H17Cl2N3O/c1-8(13(19)18-4-2-3-5-18)17-12-10(14)6-9(16)7-11(12)15/h6-8,17H,2-5,16H2,1H3. The van der Waals surface area contributed by atoms with Crippen molar-refractivity contribution in [2.24, 2.45) is 0 Å². The molecule has 1 saturated heterocycles. The predicted molar refractivity (Wildman–Crippen MR) is 79.8 cm³/mol. The normalized spacial score (nSPS) is 16.5. The minimum absolute atomic E-state index is 0.0708. The van der Waals surface area contributed by atoms with Gasteiger partial charge in [-0.15, -0.1) is 0 Å². The molecule has 1 aliphatic heterocycles. The molecule has 1 heterocycles. The minimum Gasteiger partial charge on any atom is -0.399 e. The van der Waals surface area contributed by atoms with E-state index in [1.54, 1.807) is 12.1 Å². The highest BCUT2D eigenvalue weighted by Crippen LogP contribution is 2.33. The van der Waals surface area contributed by atoms with Crippen LogP contribution in [0.4, 0.5) is 11.4 Å². The summed E-state index contributed by atoms with van der Waals surface area (Å²) in [4.78, 5) is 14.0. The van der Waals surface area contributed by atoms with Crippen molar-refractivity contribution in [2.45, 2.75) is 25.8 Å². The molecule has 1 aromatic carbocycles. The first-order valence-electron chi connectivity index (χ1n) is 6.29. The number of anilines is 2. The number of hydrogen-bond donors (Lipinski definition) is 2. The molecule has 1 aliphatic rings. The van der Waals surface area contributed by atoms with Crippen LogP contribution in [-0.2, 0) is 4.79 Å². The monoisotopic (exact) mass is 301 g/mol. The zero-order chi connectivity index (χ0) is 14.0. The van der Waals surface area contributed by atoms with Gasteiger partial charge in [0.15, 0.2) is 0 Å². The Morgan fingerprint density at radius 1 is 1.32 bits per heavy atom. The van der Waals surface area contributed by atoms with Crippen LogP contribution < -0.4 is 11.1 Å². The van der Waals surface area contributed by atoms with E-state index in [2.05, 4.69) is 5.32 Å². The maximum absolute atomic E-state index is 12.2. The molecule has 19 heavy (non-hydrogen) atoms. The molecule has 3 N–H and O–H groups in total. The van der Waals surface area contributed by atoms with Gasteiger partial charge in [0.05, 0.1) is 15.7 Å². The van der Waals surface area contributed by atoms with Crippen molar-refractivity contribution in [3.05, 3.63) is 22.2 Å². The fraction of sp³-hybridized carbons (Fsp3) is 0.462. The van der Waals surface area contributed by atoms with Crippen molar-refractivity contribution in [1.29, 1.82) is 0 Å². The lowest BCUT2D eigenvalue weighted by Crippen LogP contribution is -2.39. The van der Waals surface area contributed by atoms with Crippen LogP contribution in [0.25, 0.3) is 0 Å². The third kappa shape index (κ3) is 3.25. The summed E-state index contributed by atoms with van der Waals surface area (Å²) in [5.41, 5.74) is 6.70. The Labute approximate surface area is 122 Å². The van der Waals surface area contributed by atoms with E-state index in [9.17, 15) is 4.79 Å². The number of nitrogens with zero attached hydrogens (tertiary/aromatic N) is 1. The molecule has 2 rings (SSSR count). The van der Waals surface area contributed by atoms with Gasteiger partial charge in [0.1, 0.15) is 6.04 Å². The Bertz CT molecular complexity index is 464. The summed E-state index contributed by atoms with van der Waals surface area (Å²) >= 11 is 12.2. The predicted octanol–water partition coefficient (Wildman–Crippen LogP) is 3.00. The Morgan fingerprint density at radius 2 is 1.84 bits per heavy atom. The molecule has 104 valence electrons. The van der Waals surface area contributed by atoms with Gasteiger partial charge < -0.3 is 16.0 Å². The molecule has 0 bridgehead atoms. The average molecular weight is 302 g/mol. The summed E-state index contributed by atoms with van der Waals surface area (Å²) in [5, 5.41) is 3.92. The topological polar surface area (TPSA) is 58.4 Å². The second-order valence-electron chi connectivity index (χ2n) is 4.76. The van der Waals surface area contributed by atoms with Gasteiger partial charge in [-0.25, -0.2) is 0 Å². The zero-order valence-electron chi connectivity index (χ0n) is 10.7. The second-order valence-corrected chi connectivity index (χ2v) is 5.57. The third-order valence-electron chi connectivity index (χ3n) is 3.21. The van der Waals surface area contributed by atoms with Gasteiger partial charge in [-0.3, -0.25) is 4.79 Å². The smallest absolute Gasteiger partial charge is 0.244 e. The van der Waals surface area contributed by atoms with E-state index >= 15 is 0 Å². The van der Waals surface area contributed by atoms with Crippen molar-refractivity contribution < 1.29 is 4.79 Å². The summed E-state index contributed by atoms with van der Waals surface area (Å²) in [7, 11) is 0. The van der Waals surface area contributed by atoms with E-state index in [0.29, 0.717) is 21.4 Å². The van der Waals surface area contributed by atoms with Crippen LogP contribution in [0.15, 0.2) is 12.1 Å². The molecule has 0 spiro atoms. The Hall–Kier alpha value is -1.13. The summed E-state index contributed by atoms with van der Waals surface area (Å²) in [6.07, 6.45) is 2.14. The van der Waals surface area contributed by atoms with Gasteiger partial charge in [0.2, 0.25) is 5.91 Å². The second kappa shape index (κ2) is 5.88. The van der Waals surface area contributed by atoms with Gasteiger partial charge in [-0.1, -0.05) is 23.2 Å². The maximum atomic E-state index is 12.2. The summed E-state index contributed by atoms with van der Waals surface area (Å²) in [6, 6.07) is 2.86. The van der Waals surface area contributed by atoms with Gasteiger partial charge in [0.25, 0.3) is 0 Å². The SMILES string of the molecule is CC(Nc1c(Cl)cc(N)cc1Cl)C(=O)N1CCCC1. The highest BCUT2D eigenvalue weighted by molar-refractivity contribution is 6.39. The Morgan fingerprint density at radius 3 is 2.37 bits per heavy atom. The lowest BCUT2D eigenvalue weighted by molar-refractivity contribution is -0.130. The first-order valence-corrected chi connectivity index (χ1v) is 7.04. The Kier molecular flexibility index (Phi) is 4.42. The molecule has 1 fully saturated rings. The number of nitrogens with one attached hydrogen (secondary N) is 1. The van der Waals surface area contributed by atoms with Crippen molar-refractivity contribution in [1.82, 2.24) is 4.90 Å². The molecule has 1 atom stereocenters. The molecule has 1 aromatic rings. The lowest BCUT2D eigenvalue weighted by Gasteiger charge is -2.23. The summed E-state index contributed by atoms with van der Waals surface area (Å²) in [6.45, 7) is 3.46. The number of carbonyl (C=O) groups is 1. The van der Waals surface area contributed by atoms with E-state index in [4.69, 9.17) is 28.9 Å². The largest absolute Gasteiger partial charge is 0.399 e. The van der Waals surface area contributed by atoms with Crippen LogP contribution in [0.3, 0.4) is 0 Å². The maximum Gasteiger partial charge on any atom is 0.244 e.